The lowest BCUT2D eigenvalue weighted by atomic mass is 10.1. The average Bonchev–Trinajstić information content (AvgIpc) is 2.64. The lowest BCUT2D eigenvalue weighted by molar-refractivity contribution is -0.117. The van der Waals surface area contributed by atoms with Crippen molar-refractivity contribution in [3.63, 3.8) is 0 Å². The number of carbonyl (C=O) groups is 3. The van der Waals surface area contributed by atoms with Crippen molar-refractivity contribution in [1.29, 1.82) is 0 Å². The Morgan fingerprint density at radius 2 is 1.95 bits per heavy atom. The van der Waals surface area contributed by atoms with Crippen LogP contribution in [0.2, 0.25) is 0 Å². The molecule has 1 aliphatic rings. The third-order valence-electron chi connectivity index (χ3n) is 3.29. The molecule has 0 saturated heterocycles. The van der Waals surface area contributed by atoms with Gasteiger partial charge in [-0.1, -0.05) is 13.3 Å². The minimum absolute atomic E-state index is 0.295. The third-order valence-corrected chi connectivity index (χ3v) is 3.29. The van der Waals surface area contributed by atoms with E-state index in [1.54, 1.807) is 12.1 Å². The van der Waals surface area contributed by atoms with Gasteiger partial charge in [-0.2, -0.15) is 0 Å². The number of amides is 3. The Labute approximate surface area is 116 Å². The summed E-state index contributed by atoms with van der Waals surface area (Å²) in [6.45, 7) is 1.95. The number of rotatable bonds is 4. The highest BCUT2D eigenvalue weighted by atomic mass is 16.2. The fourth-order valence-corrected chi connectivity index (χ4v) is 2.12. The van der Waals surface area contributed by atoms with Gasteiger partial charge in [-0.05, 0) is 24.6 Å². The first-order valence-electron chi connectivity index (χ1n) is 6.48. The highest BCUT2D eigenvalue weighted by Crippen LogP contribution is 2.24. The van der Waals surface area contributed by atoms with Gasteiger partial charge in [-0.3, -0.25) is 19.3 Å². The van der Waals surface area contributed by atoms with E-state index in [9.17, 15) is 14.4 Å². The summed E-state index contributed by atoms with van der Waals surface area (Å²) in [7, 11) is 1.43. The van der Waals surface area contributed by atoms with Gasteiger partial charge in [-0.15, -0.1) is 0 Å². The number of imide groups is 1. The molecule has 0 aromatic heterocycles. The number of carbonyl (C=O) groups excluding carboxylic acids is 3. The normalized spacial score (nSPS) is 15.2. The number of nitrogens with one attached hydrogen (secondary N) is 1. The monoisotopic (exact) mass is 275 g/mol. The van der Waals surface area contributed by atoms with Crippen LogP contribution in [0.1, 0.15) is 40.5 Å². The molecule has 1 heterocycles. The van der Waals surface area contributed by atoms with Crippen LogP contribution in [0.3, 0.4) is 0 Å². The van der Waals surface area contributed by atoms with Crippen LogP contribution < -0.4 is 11.1 Å². The van der Waals surface area contributed by atoms with Crippen molar-refractivity contribution in [3.8, 4) is 0 Å². The Morgan fingerprint density at radius 3 is 2.60 bits per heavy atom. The zero-order chi connectivity index (χ0) is 14.9. The molecule has 1 atom stereocenters. The van der Waals surface area contributed by atoms with Gasteiger partial charge < -0.3 is 11.1 Å². The van der Waals surface area contributed by atoms with Crippen LogP contribution in [0.25, 0.3) is 0 Å². The number of anilines is 1. The molecule has 0 saturated carbocycles. The van der Waals surface area contributed by atoms with E-state index >= 15 is 0 Å². The molecule has 0 unspecified atom stereocenters. The maximum atomic E-state index is 11.8. The van der Waals surface area contributed by atoms with Crippen molar-refractivity contribution in [2.24, 2.45) is 5.73 Å². The molecule has 20 heavy (non-hydrogen) atoms. The third kappa shape index (κ3) is 2.42. The van der Waals surface area contributed by atoms with Gasteiger partial charge in [0.1, 0.15) is 0 Å². The molecule has 3 N–H and O–H groups in total. The number of hydrogen-bond acceptors (Lipinski definition) is 4. The summed E-state index contributed by atoms with van der Waals surface area (Å²) in [5.74, 6) is -0.985. The average molecular weight is 275 g/mol. The van der Waals surface area contributed by atoms with Gasteiger partial charge in [0.2, 0.25) is 5.91 Å². The van der Waals surface area contributed by atoms with Crippen LogP contribution >= 0.6 is 0 Å². The van der Waals surface area contributed by atoms with E-state index < -0.39 is 6.04 Å². The van der Waals surface area contributed by atoms with Crippen LogP contribution in [-0.4, -0.2) is 35.7 Å². The van der Waals surface area contributed by atoms with E-state index in [1.165, 1.54) is 13.1 Å². The number of nitrogens with two attached hydrogens (primary N) is 1. The first-order valence-corrected chi connectivity index (χ1v) is 6.48. The molecule has 1 aliphatic heterocycles. The Bertz CT molecular complexity index is 583. The van der Waals surface area contributed by atoms with Crippen LogP contribution in [0.15, 0.2) is 18.2 Å². The summed E-state index contributed by atoms with van der Waals surface area (Å²) >= 11 is 0. The van der Waals surface area contributed by atoms with Gasteiger partial charge in [0, 0.05) is 12.7 Å². The molecule has 106 valence electrons. The fraction of sp³-hybridized carbons (Fsp3) is 0.357. The second-order valence-corrected chi connectivity index (χ2v) is 4.81. The zero-order valence-electron chi connectivity index (χ0n) is 11.5. The highest BCUT2D eigenvalue weighted by Gasteiger charge is 2.32. The standard InChI is InChI=1S/C14H17N3O3/c1-3-4-11(15)12(18)16-8-5-6-9-10(7-8)14(20)17(2)13(9)19/h5-7,11H,3-4,15H2,1-2H3,(H,16,18)/t11-/m1/s1. The van der Waals surface area contributed by atoms with Gasteiger partial charge in [0.05, 0.1) is 17.2 Å². The van der Waals surface area contributed by atoms with E-state index in [2.05, 4.69) is 5.32 Å². The van der Waals surface area contributed by atoms with Crippen molar-refractivity contribution in [1.82, 2.24) is 4.90 Å². The predicted octanol–water partition coefficient (Wildman–Crippen LogP) is 0.978. The Morgan fingerprint density at radius 1 is 1.30 bits per heavy atom. The minimum atomic E-state index is -0.576. The minimum Gasteiger partial charge on any atom is -0.325 e. The van der Waals surface area contributed by atoms with E-state index in [1.807, 2.05) is 6.92 Å². The SMILES string of the molecule is CCC[C@@H](N)C(=O)Nc1ccc2c(c1)C(=O)N(C)C2=O. The summed E-state index contributed by atoms with van der Waals surface area (Å²) in [5.41, 5.74) is 6.85. The second kappa shape index (κ2) is 5.42. The van der Waals surface area contributed by atoms with Gasteiger partial charge in [-0.25, -0.2) is 0 Å². The van der Waals surface area contributed by atoms with Gasteiger partial charge >= 0.3 is 0 Å². The molecule has 0 spiro atoms. The molecule has 0 radical (unpaired) electrons. The summed E-state index contributed by atoms with van der Waals surface area (Å²) in [6, 6.07) is 4.07. The topological polar surface area (TPSA) is 92.5 Å². The molecule has 3 amide bonds. The number of nitrogens with zero attached hydrogens (tertiary/aromatic N) is 1. The van der Waals surface area contributed by atoms with E-state index in [-0.39, 0.29) is 17.7 Å². The zero-order valence-corrected chi connectivity index (χ0v) is 11.5. The van der Waals surface area contributed by atoms with Crippen molar-refractivity contribution < 1.29 is 14.4 Å². The van der Waals surface area contributed by atoms with Crippen LogP contribution in [0.4, 0.5) is 5.69 Å². The Balaban J connectivity index is 2.19. The molecule has 6 nitrogen and oxygen atoms in total. The van der Waals surface area contributed by atoms with E-state index in [4.69, 9.17) is 5.73 Å². The van der Waals surface area contributed by atoms with Crippen LogP contribution in [0, 0.1) is 0 Å². The first kappa shape index (κ1) is 14.2. The Hall–Kier alpha value is -2.21. The van der Waals surface area contributed by atoms with Crippen molar-refractivity contribution in [2.75, 3.05) is 12.4 Å². The molecular formula is C14H17N3O3. The molecule has 0 aliphatic carbocycles. The molecule has 1 aromatic carbocycles. The summed E-state index contributed by atoms with van der Waals surface area (Å²) < 4.78 is 0. The van der Waals surface area contributed by atoms with Gasteiger partial charge in [0.25, 0.3) is 11.8 Å². The number of fused-ring (bicyclic) bond motifs is 1. The molecular weight excluding hydrogens is 258 g/mol. The summed E-state index contributed by atoms with van der Waals surface area (Å²) in [4.78, 5) is 36.4. The number of hydrogen-bond donors (Lipinski definition) is 2. The lowest BCUT2D eigenvalue weighted by Gasteiger charge is -2.11. The summed E-state index contributed by atoms with van der Waals surface area (Å²) in [6.07, 6.45) is 1.41. The van der Waals surface area contributed by atoms with E-state index in [0.717, 1.165) is 11.3 Å². The molecule has 2 rings (SSSR count). The van der Waals surface area contributed by atoms with Crippen LogP contribution in [-0.2, 0) is 4.79 Å². The Kier molecular flexibility index (Phi) is 3.85. The second-order valence-electron chi connectivity index (χ2n) is 4.81. The number of benzene rings is 1. The first-order chi connectivity index (χ1) is 9.45. The summed E-state index contributed by atoms with van der Waals surface area (Å²) in [5, 5.41) is 2.66. The van der Waals surface area contributed by atoms with Crippen molar-refractivity contribution in [3.05, 3.63) is 29.3 Å². The predicted molar refractivity (Wildman–Crippen MR) is 74.4 cm³/mol. The fourth-order valence-electron chi connectivity index (χ4n) is 2.12. The van der Waals surface area contributed by atoms with Crippen LogP contribution in [0.5, 0.6) is 0 Å². The van der Waals surface area contributed by atoms with Gasteiger partial charge in [0.15, 0.2) is 0 Å². The molecule has 6 heteroatoms. The van der Waals surface area contributed by atoms with Crippen molar-refractivity contribution in [2.45, 2.75) is 25.8 Å². The lowest BCUT2D eigenvalue weighted by Crippen LogP contribution is -2.35. The molecule has 1 aromatic rings. The van der Waals surface area contributed by atoms with E-state index in [0.29, 0.717) is 23.2 Å². The maximum absolute atomic E-state index is 11.8. The maximum Gasteiger partial charge on any atom is 0.261 e. The molecule has 0 bridgehead atoms. The van der Waals surface area contributed by atoms with Crippen molar-refractivity contribution >= 4 is 23.4 Å². The smallest absolute Gasteiger partial charge is 0.261 e. The molecule has 0 fully saturated rings. The highest BCUT2D eigenvalue weighted by molar-refractivity contribution is 6.21. The largest absolute Gasteiger partial charge is 0.325 e. The quantitative estimate of drug-likeness (QED) is 0.801.